The van der Waals surface area contributed by atoms with Gasteiger partial charge in [-0.15, -0.1) is 0 Å². The van der Waals surface area contributed by atoms with Gasteiger partial charge in [0, 0.05) is 6.42 Å². The second-order valence-electron chi connectivity index (χ2n) is 4.59. The molecular weight excluding hydrogens is 243 g/mol. The van der Waals surface area contributed by atoms with E-state index in [0.29, 0.717) is 0 Å². The maximum absolute atomic E-state index is 12.9. The van der Waals surface area contributed by atoms with Gasteiger partial charge in [-0.3, -0.25) is 4.98 Å². The van der Waals surface area contributed by atoms with Crippen molar-refractivity contribution < 1.29 is 9.13 Å². The summed E-state index contributed by atoms with van der Waals surface area (Å²) < 4.78 is 18.4. The van der Waals surface area contributed by atoms with Crippen LogP contribution in [0.3, 0.4) is 0 Å². The van der Waals surface area contributed by atoms with Crippen LogP contribution in [0, 0.1) is 5.82 Å². The number of halogens is 1. The summed E-state index contributed by atoms with van der Waals surface area (Å²) in [5.41, 5.74) is 3.15. The van der Waals surface area contributed by atoms with Crippen LogP contribution in [-0.2, 0) is 6.42 Å². The number of hydrogen-bond acceptors (Lipinski definition) is 3. The van der Waals surface area contributed by atoms with Gasteiger partial charge in [0.05, 0.1) is 24.5 Å². The smallest absolute Gasteiger partial charge is 0.141 e. The van der Waals surface area contributed by atoms with E-state index in [1.54, 1.807) is 6.07 Å². The van der Waals surface area contributed by atoms with Crippen LogP contribution in [0.1, 0.15) is 22.9 Å². The van der Waals surface area contributed by atoms with Crippen LogP contribution in [0.4, 0.5) is 4.39 Å². The molecule has 19 heavy (non-hydrogen) atoms. The minimum Gasteiger partial charge on any atom is -0.493 e. The normalized spacial score (nSPS) is 14.8. The average Bonchev–Trinajstić information content (AvgIpc) is 2.89. The van der Waals surface area contributed by atoms with Crippen molar-refractivity contribution in [2.24, 2.45) is 0 Å². The topological polar surface area (TPSA) is 34.1 Å². The maximum Gasteiger partial charge on any atom is 0.141 e. The first kappa shape index (κ1) is 12.1. The molecule has 1 atom stereocenters. The Labute approximate surface area is 111 Å². The molecule has 0 bridgehead atoms. The first-order valence-corrected chi connectivity index (χ1v) is 6.32. The van der Waals surface area contributed by atoms with Crippen molar-refractivity contribution in [1.82, 2.24) is 10.3 Å². The van der Waals surface area contributed by atoms with Crippen LogP contribution < -0.4 is 10.1 Å². The summed E-state index contributed by atoms with van der Waals surface area (Å²) in [6.45, 7) is 0.748. The van der Waals surface area contributed by atoms with Crippen LogP contribution in [0.5, 0.6) is 5.75 Å². The second-order valence-corrected chi connectivity index (χ2v) is 4.59. The Morgan fingerprint density at radius 2 is 2.21 bits per heavy atom. The summed E-state index contributed by atoms with van der Waals surface area (Å²) >= 11 is 0. The van der Waals surface area contributed by atoms with Gasteiger partial charge in [0.25, 0.3) is 0 Å². The van der Waals surface area contributed by atoms with E-state index in [-0.39, 0.29) is 11.9 Å². The van der Waals surface area contributed by atoms with E-state index >= 15 is 0 Å². The number of pyridine rings is 1. The van der Waals surface area contributed by atoms with Crippen molar-refractivity contribution in [3.05, 3.63) is 59.2 Å². The Bertz CT molecular complexity index is 583. The highest BCUT2D eigenvalue weighted by molar-refractivity contribution is 5.42. The van der Waals surface area contributed by atoms with Crippen LogP contribution >= 0.6 is 0 Å². The van der Waals surface area contributed by atoms with Gasteiger partial charge in [0.1, 0.15) is 11.6 Å². The SMILES string of the molecule is CNC(c1ccc2c(c1)CCO2)c1ccc(F)cn1. The monoisotopic (exact) mass is 258 g/mol. The lowest BCUT2D eigenvalue weighted by Crippen LogP contribution is -2.19. The predicted octanol–water partition coefficient (Wildman–Crippen LogP) is 2.46. The molecule has 4 heteroatoms. The van der Waals surface area contributed by atoms with Crippen LogP contribution in [-0.4, -0.2) is 18.6 Å². The van der Waals surface area contributed by atoms with Crippen LogP contribution in [0.15, 0.2) is 36.5 Å². The Kier molecular flexibility index (Phi) is 3.17. The number of aromatic nitrogens is 1. The fraction of sp³-hybridized carbons (Fsp3) is 0.267. The van der Waals surface area contributed by atoms with Gasteiger partial charge in [0.15, 0.2) is 0 Å². The lowest BCUT2D eigenvalue weighted by molar-refractivity contribution is 0.357. The lowest BCUT2D eigenvalue weighted by atomic mass is 10.00. The van der Waals surface area contributed by atoms with Gasteiger partial charge in [-0.05, 0) is 36.4 Å². The zero-order valence-corrected chi connectivity index (χ0v) is 10.7. The van der Waals surface area contributed by atoms with E-state index in [1.165, 1.54) is 17.8 Å². The number of ether oxygens (including phenoxy) is 1. The summed E-state index contributed by atoms with van der Waals surface area (Å²) in [7, 11) is 1.87. The summed E-state index contributed by atoms with van der Waals surface area (Å²) in [4.78, 5) is 4.15. The molecule has 98 valence electrons. The lowest BCUT2D eigenvalue weighted by Gasteiger charge is -2.17. The van der Waals surface area contributed by atoms with E-state index < -0.39 is 0 Å². The molecule has 1 aromatic carbocycles. The number of fused-ring (bicyclic) bond motifs is 1. The Morgan fingerprint density at radius 1 is 1.32 bits per heavy atom. The molecule has 2 heterocycles. The van der Waals surface area contributed by atoms with E-state index in [2.05, 4.69) is 16.4 Å². The standard InChI is InChI=1S/C15H15FN2O/c1-17-15(13-4-3-12(16)9-18-13)11-2-5-14-10(8-11)6-7-19-14/h2-5,8-9,15,17H,6-7H2,1H3. The highest BCUT2D eigenvalue weighted by Crippen LogP contribution is 2.29. The van der Waals surface area contributed by atoms with Gasteiger partial charge in [0.2, 0.25) is 0 Å². The third kappa shape index (κ3) is 2.31. The van der Waals surface area contributed by atoms with E-state index in [1.807, 2.05) is 19.2 Å². The van der Waals surface area contributed by atoms with Crippen molar-refractivity contribution in [3.8, 4) is 5.75 Å². The van der Waals surface area contributed by atoms with Gasteiger partial charge < -0.3 is 10.1 Å². The summed E-state index contributed by atoms with van der Waals surface area (Å²) in [5, 5.41) is 3.22. The summed E-state index contributed by atoms with van der Waals surface area (Å²) in [6, 6.07) is 9.26. The fourth-order valence-electron chi connectivity index (χ4n) is 2.43. The molecule has 0 fully saturated rings. The molecule has 3 nitrogen and oxygen atoms in total. The van der Waals surface area contributed by atoms with Crippen molar-refractivity contribution >= 4 is 0 Å². The van der Waals surface area contributed by atoms with Crippen molar-refractivity contribution in [3.63, 3.8) is 0 Å². The largest absolute Gasteiger partial charge is 0.493 e. The average molecular weight is 258 g/mol. The molecule has 1 N–H and O–H groups in total. The molecule has 3 rings (SSSR count). The number of hydrogen-bond donors (Lipinski definition) is 1. The van der Waals surface area contributed by atoms with E-state index in [9.17, 15) is 4.39 Å². The van der Waals surface area contributed by atoms with E-state index in [0.717, 1.165) is 30.0 Å². The molecular formula is C15H15FN2O. The molecule has 1 aliphatic rings. The van der Waals surface area contributed by atoms with Crippen LogP contribution in [0.2, 0.25) is 0 Å². The van der Waals surface area contributed by atoms with Gasteiger partial charge in [-0.1, -0.05) is 12.1 Å². The van der Waals surface area contributed by atoms with Crippen molar-refractivity contribution in [1.29, 1.82) is 0 Å². The van der Waals surface area contributed by atoms with Crippen molar-refractivity contribution in [2.75, 3.05) is 13.7 Å². The van der Waals surface area contributed by atoms with Crippen molar-refractivity contribution in [2.45, 2.75) is 12.5 Å². The number of benzene rings is 1. The van der Waals surface area contributed by atoms with Gasteiger partial charge >= 0.3 is 0 Å². The molecule has 0 saturated carbocycles. The quantitative estimate of drug-likeness (QED) is 0.918. The third-order valence-electron chi connectivity index (χ3n) is 3.38. The Morgan fingerprint density at radius 3 is 2.95 bits per heavy atom. The molecule has 2 aromatic rings. The second kappa shape index (κ2) is 4.97. The molecule has 0 aliphatic carbocycles. The van der Waals surface area contributed by atoms with Gasteiger partial charge in [-0.25, -0.2) is 4.39 Å². The Hall–Kier alpha value is -1.94. The first-order valence-electron chi connectivity index (χ1n) is 6.32. The maximum atomic E-state index is 12.9. The molecule has 0 saturated heterocycles. The highest BCUT2D eigenvalue weighted by Gasteiger charge is 2.18. The predicted molar refractivity (Wildman–Crippen MR) is 70.7 cm³/mol. The van der Waals surface area contributed by atoms with E-state index in [4.69, 9.17) is 4.74 Å². The number of nitrogens with one attached hydrogen (secondary N) is 1. The molecule has 1 aliphatic heterocycles. The number of rotatable bonds is 3. The molecule has 1 unspecified atom stereocenters. The summed E-state index contributed by atoms with van der Waals surface area (Å²) in [5.74, 6) is 0.645. The Balaban J connectivity index is 1.96. The molecule has 0 radical (unpaired) electrons. The zero-order valence-electron chi connectivity index (χ0n) is 10.7. The third-order valence-corrected chi connectivity index (χ3v) is 3.38. The number of nitrogens with zero attached hydrogens (tertiary/aromatic N) is 1. The highest BCUT2D eigenvalue weighted by atomic mass is 19.1. The zero-order chi connectivity index (χ0) is 13.2. The molecule has 1 aromatic heterocycles. The van der Waals surface area contributed by atoms with Gasteiger partial charge in [-0.2, -0.15) is 0 Å². The fourth-order valence-corrected chi connectivity index (χ4v) is 2.43. The molecule has 0 amide bonds. The minimum absolute atomic E-state index is 0.0356. The van der Waals surface area contributed by atoms with Crippen LogP contribution in [0.25, 0.3) is 0 Å². The summed E-state index contributed by atoms with van der Waals surface area (Å²) in [6.07, 6.45) is 2.19. The molecule has 0 spiro atoms. The minimum atomic E-state index is -0.319. The first-order chi connectivity index (χ1) is 9.28.